The van der Waals surface area contributed by atoms with Crippen molar-refractivity contribution in [3.63, 3.8) is 0 Å². The monoisotopic (exact) mass is 427 g/mol. The van der Waals surface area contributed by atoms with E-state index < -0.39 is 16.0 Å². The molecule has 2 heterocycles. The molecule has 1 aliphatic rings. The van der Waals surface area contributed by atoms with Gasteiger partial charge < -0.3 is 4.74 Å². The van der Waals surface area contributed by atoms with Crippen molar-refractivity contribution in [3.8, 4) is 5.75 Å². The first-order chi connectivity index (χ1) is 13.9. The van der Waals surface area contributed by atoms with Crippen LogP contribution >= 0.6 is 11.3 Å². The van der Waals surface area contributed by atoms with Crippen LogP contribution in [0.25, 0.3) is 0 Å². The third-order valence-electron chi connectivity index (χ3n) is 5.06. The molecule has 0 fully saturated rings. The van der Waals surface area contributed by atoms with Crippen LogP contribution in [-0.2, 0) is 23.0 Å². The van der Waals surface area contributed by atoms with Gasteiger partial charge in [-0.3, -0.25) is 0 Å². The second-order valence-corrected chi connectivity index (χ2v) is 9.95. The van der Waals surface area contributed by atoms with E-state index in [0.717, 1.165) is 28.0 Å². The molecule has 1 aliphatic heterocycles. The summed E-state index contributed by atoms with van der Waals surface area (Å²) in [5, 5.41) is 1.61. The zero-order chi connectivity index (χ0) is 20.6. The largest absolute Gasteiger partial charge is 0.422 e. The molecular formula is C22H21NO4S2. The number of fused-ring (bicyclic) bond motifs is 1. The maximum atomic E-state index is 13.3. The van der Waals surface area contributed by atoms with Crippen molar-refractivity contribution in [2.75, 3.05) is 6.54 Å². The summed E-state index contributed by atoms with van der Waals surface area (Å²) in [6.07, 6.45) is 0.655. The lowest BCUT2D eigenvalue weighted by Gasteiger charge is -2.28. The summed E-state index contributed by atoms with van der Waals surface area (Å²) in [6.45, 7) is 4.51. The molecule has 0 saturated heterocycles. The molecule has 29 heavy (non-hydrogen) atoms. The fraction of sp³-hybridized carbons (Fsp3) is 0.227. The topological polar surface area (TPSA) is 63.7 Å². The van der Waals surface area contributed by atoms with Gasteiger partial charge in [0.1, 0.15) is 15.5 Å². The van der Waals surface area contributed by atoms with Crippen LogP contribution in [0, 0.1) is 13.8 Å². The van der Waals surface area contributed by atoms with Gasteiger partial charge in [-0.2, -0.15) is 4.31 Å². The molecule has 5 nitrogen and oxygen atoms in total. The maximum Gasteiger partial charge on any atom is 0.355 e. The average molecular weight is 428 g/mol. The van der Waals surface area contributed by atoms with Gasteiger partial charge in [-0.25, -0.2) is 13.2 Å². The van der Waals surface area contributed by atoms with E-state index in [9.17, 15) is 13.2 Å². The lowest BCUT2D eigenvalue weighted by molar-refractivity contribution is 0.0734. The molecule has 0 bridgehead atoms. The van der Waals surface area contributed by atoms with Gasteiger partial charge in [0, 0.05) is 13.1 Å². The SMILES string of the molecule is Cc1ccc(OC(=O)c2sccc2S(=O)(=O)N2CCc3ccccc3C2)c(C)c1. The normalized spacial score (nSPS) is 14.4. The summed E-state index contributed by atoms with van der Waals surface area (Å²) < 4.78 is 33.5. The van der Waals surface area contributed by atoms with Gasteiger partial charge in [-0.1, -0.05) is 42.0 Å². The van der Waals surface area contributed by atoms with Crippen LogP contribution in [0.1, 0.15) is 31.9 Å². The fourth-order valence-corrected chi connectivity index (χ4v) is 6.21. The lowest BCUT2D eigenvalue weighted by atomic mass is 10.0. The molecule has 150 valence electrons. The molecule has 1 aromatic heterocycles. The molecule has 0 aliphatic carbocycles. The Morgan fingerprint density at radius 2 is 1.83 bits per heavy atom. The van der Waals surface area contributed by atoms with E-state index in [1.165, 1.54) is 15.9 Å². The number of hydrogen-bond acceptors (Lipinski definition) is 5. The Morgan fingerprint density at radius 3 is 2.59 bits per heavy atom. The van der Waals surface area contributed by atoms with Crippen LogP contribution in [-0.4, -0.2) is 25.2 Å². The summed E-state index contributed by atoms with van der Waals surface area (Å²) >= 11 is 1.08. The number of ether oxygens (including phenoxy) is 1. The minimum Gasteiger partial charge on any atom is -0.422 e. The summed E-state index contributed by atoms with van der Waals surface area (Å²) in [5.41, 5.74) is 4.05. The standard InChI is InChI=1S/C22H21NO4S2/c1-15-7-8-19(16(2)13-15)27-22(24)21-20(10-12-28-21)29(25,26)23-11-9-17-5-3-4-6-18(17)14-23/h3-8,10,12-13H,9,11,14H2,1-2H3. The number of nitrogens with zero attached hydrogens (tertiary/aromatic N) is 1. The van der Waals surface area contributed by atoms with Crippen LogP contribution in [0.15, 0.2) is 58.8 Å². The molecule has 0 atom stereocenters. The Kier molecular flexibility index (Phi) is 5.29. The first-order valence-electron chi connectivity index (χ1n) is 9.30. The number of hydrogen-bond donors (Lipinski definition) is 0. The van der Waals surface area contributed by atoms with Crippen molar-refractivity contribution in [1.82, 2.24) is 4.31 Å². The van der Waals surface area contributed by atoms with Crippen LogP contribution < -0.4 is 4.74 Å². The van der Waals surface area contributed by atoms with Gasteiger partial charge in [-0.15, -0.1) is 11.3 Å². The summed E-state index contributed by atoms with van der Waals surface area (Å²) in [5.74, 6) is -0.216. The highest BCUT2D eigenvalue weighted by molar-refractivity contribution is 7.89. The number of sulfonamides is 1. The highest BCUT2D eigenvalue weighted by Crippen LogP contribution is 2.30. The van der Waals surface area contributed by atoms with Gasteiger partial charge in [0.25, 0.3) is 0 Å². The summed E-state index contributed by atoms with van der Waals surface area (Å²) in [7, 11) is -3.80. The van der Waals surface area contributed by atoms with Gasteiger partial charge in [0.15, 0.2) is 0 Å². The van der Waals surface area contributed by atoms with Crippen molar-refractivity contribution in [3.05, 3.63) is 81.0 Å². The summed E-state index contributed by atoms with van der Waals surface area (Å²) in [4.78, 5) is 12.9. The van der Waals surface area contributed by atoms with E-state index in [1.807, 2.05) is 50.2 Å². The second kappa shape index (κ2) is 7.74. The molecule has 3 aromatic rings. The Bertz CT molecular complexity index is 1180. The Labute approximate surface area is 174 Å². The van der Waals surface area contributed by atoms with E-state index in [2.05, 4.69) is 0 Å². The number of rotatable bonds is 4. The third-order valence-corrected chi connectivity index (χ3v) is 7.97. The quantitative estimate of drug-likeness (QED) is 0.459. The smallest absolute Gasteiger partial charge is 0.355 e. The fourth-order valence-electron chi connectivity index (χ4n) is 3.52. The zero-order valence-corrected chi connectivity index (χ0v) is 17.8. The zero-order valence-electron chi connectivity index (χ0n) is 16.2. The molecule has 0 radical (unpaired) electrons. The molecule has 0 saturated carbocycles. The van der Waals surface area contributed by atoms with Crippen LogP contribution in [0.2, 0.25) is 0 Å². The second-order valence-electron chi connectivity index (χ2n) is 7.13. The number of carbonyl (C=O) groups excluding carboxylic acids is 1. The predicted molar refractivity (Wildman–Crippen MR) is 113 cm³/mol. The lowest BCUT2D eigenvalue weighted by Crippen LogP contribution is -2.36. The molecule has 2 aromatic carbocycles. The van der Waals surface area contributed by atoms with Gasteiger partial charge >= 0.3 is 5.97 Å². The molecule has 0 spiro atoms. The van der Waals surface area contributed by atoms with Crippen molar-refractivity contribution in [1.29, 1.82) is 0 Å². The molecule has 0 N–H and O–H groups in total. The molecule has 0 unspecified atom stereocenters. The van der Waals surface area contributed by atoms with Crippen molar-refractivity contribution in [2.45, 2.75) is 31.7 Å². The Morgan fingerprint density at radius 1 is 1.07 bits per heavy atom. The van der Waals surface area contributed by atoms with E-state index in [-0.39, 0.29) is 9.77 Å². The number of aryl methyl sites for hydroxylation is 2. The number of carbonyl (C=O) groups is 1. The van der Waals surface area contributed by atoms with E-state index in [4.69, 9.17) is 4.74 Å². The van der Waals surface area contributed by atoms with Crippen molar-refractivity contribution in [2.24, 2.45) is 0 Å². The minimum absolute atomic E-state index is 0.0108. The van der Waals surface area contributed by atoms with E-state index in [0.29, 0.717) is 25.3 Å². The number of benzene rings is 2. The highest BCUT2D eigenvalue weighted by atomic mass is 32.2. The van der Waals surface area contributed by atoms with Crippen molar-refractivity contribution < 1.29 is 17.9 Å². The number of esters is 1. The first-order valence-corrected chi connectivity index (χ1v) is 11.6. The molecule has 4 rings (SSSR count). The van der Waals surface area contributed by atoms with E-state index >= 15 is 0 Å². The highest BCUT2D eigenvalue weighted by Gasteiger charge is 2.33. The molecule has 0 amide bonds. The third kappa shape index (κ3) is 3.85. The summed E-state index contributed by atoms with van der Waals surface area (Å²) in [6, 6.07) is 14.8. The number of thiophene rings is 1. The van der Waals surface area contributed by atoms with Crippen LogP contribution in [0.3, 0.4) is 0 Å². The van der Waals surface area contributed by atoms with Crippen LogP contribution in [0.4, 0.5) is 0 Å². The van der Waals surface area contributed by atoms with Crippen molar-refractivity contribution >= 4 is 27.3 Å². The average Bonchev–Trinajstić information content (AvgIpc) is 3.20. The Hall–Kier alpha value is -2.48. The van der Waals surface area contributed by atoms with E-state index in [1.54, 1.807) is 11.4 Å². The maximum absolute atomic E-state index is 13.3. The minimum atomic E-state index is -3.80. The molecule has 7 heteroatoms. The Balaban J connectivity index is 1.60. The molecular weight excluding hydrogens is 406 g/mol. The van der Waals surface area contributed by atoms with Gasteiger partial charge in [0.2, 0.25) is 10.0 Å². The van der Waals surface area contributed by atoms with Crippen LogP contribution in [0.5, 0.6) is 5.75 Å². The van der Waals surface area contributed by atoms with Gasteiger partial charge in [-0.05, 0) is 54.5 Å². The predicted octanol–water partition coefficient (Wildman–Crippen LogP) is 4.33. The first kappa shape index (κ1) is 19.8. The van der Waals surface area contributed by atoms with Gasteiger partial charge in [0.05, 0.1) is 0 Å².